The molecule has 0 aliphatic carbocycles. The number of non-ortho nitro benzene ring substituents is 1. The number of nitrogens with one attached hydrogen (secondary N) is 1. The number of nitro benzene ring substituents is 1. The molecule has 2 heterocycles. The Hall–Kier alpha value is -5.12. The molecule has 10 nitrogen and oxygen atoms in total. The Bertz CT molecular complexity index is 1510. The van der Waals surface area contributed by atoms with Gasteiger partial charge in [0.2, 0.25) is 17.7 Å². The van der Waals surface area contributed by atoms with E-state index >= 15 is 0 Å². The Morgan fingerprint density at radius 3 is 2.54 bits per heavy atom. The van der Waals surface area contributed by atoms with Crippen molar-refractivity contribution in [2.75, 3.05) is 11.9 Å². The van der Waals surface area contributed by atoms with Gasteiger partial charge in [0, 0.05) is 36.3 Å². The maximum atomic E-state index is 13.1. The number of nitrogens with two attached hydrogens (primary N) is 1. The first-order valence-corrected chi connectivity index (χ1v) is 12.4. The van der Waals surface area contributed by atoms with Crippen molar-refractivity contribution < 1.29 is 19.3 Å². The van der Waals surface area contributed by atoms with Gasteiger partial charge in [-0.1, -0.05) is 54.6 Å². The maximum absolute atomic E-state index is 13.1. The number of rotatable bonds is 8. The van der Waals surface area contributed by atoms with Crippen LogP contribution in [0.15, 0.2) is 83.9 Å². The molecular weight excluding hydrogens is 498 g/mol. The van der Waals surface area contributed by atoms with Gasteiger partial charge in [0.1, 0.15) is 12.0 Å². The molecule has 3 aromatic rings. The summed E-state index contributed by atoms with van der Waals surface area (Å²) in [5.41, 5.74) is 8.98. The molecule has 10 heteroatoms. The van der Waals surface area contributed by atoms with E-state index in [0.29, 0.717) is 35.5 Å². The Balaban J connectivity index is 1.42. The lowest BCUT2D eigenvalue weighted by molar-refractivity contribution is -0.384. The normalized spacial score (nSPS) is 18.9. The SMILES string of the molecule is NC(=O)C1CCC(=O)N1CC=Cc1ccc(N=C(c2ccccc2)C2C(=O)Nc3ccc([N+](=O)[O-])cc32)cc1. The Morgan fingerprint density at radius 1 is 1.10 bits per heavy atom. The molecule has 3 N–H and O–H groups in total. The Labute approximate surface area is 224 Å². The average Bonchev–Trinajstić information content (AvgIpc) is 3.46. The number of anilines is 1. The van der Waals surface area contributed by atoms with Crippen LogP contribution in [0.1, 0.15) is 35.4 Å². The lowest BCUT2D eigenvalue weighted by atomic mass is 9.90. The first-order chi connectivity index (χ1) is 18.8. The van der Waals surface area contributed by atoms with Crippen LogP contribution < -0.4 is 11.1 Å². The van der Waals surface area contributed by atoms with Crippen LogP contribution in [0.25, 0.3) is 6.08 Å². The van der Waals surface area contributed by atoms with Crippen molar-refractivity contribution in [1.82, 2.24) is 4.90 Å². The van der Waals surface area contributed by atoms with E-state index in [1.165, 1.54) is 23.1 Å². The van der Waals surface area contributed by atoms with Crippen molar-refractivity contribution in [2.24, 2.45) is 10.7 Å². The van der Waals surface area contributed by atoms with Crippen LogP contribution in [0, 0.1) is 10.1 Å². The lowest BCUT2D eigenvalue weighted by Crippen LogP contribution is -2.42. The maximum Gasteiger partial charge on any atom is 0.269 e. The average molecular weight is 524 g/mol. The van der Waals surface area contributed by atoms with Gasteiger partial charge in [-0.05, 0) is 35.7 Å². The zero-order chi connectivity index (χ0) is 27.5. The molecule has 39 heavy (non-hydrogen) atoms. The third-order valence-corrected chi connectivity index (χ3v) is 6.83. The number of carbonyl (C=O) groups is 3. The molecule has 1 saturated heterocycles. The predicted molar refractivity (Wildman–Crippen MR) is 147 cm³/mol. The number of nitrogens with zero attached hydrogens (tertiary/aromatic N) is 3. The zero-order valence-corrected chi connectivity index (χ0v) is 20.8. The summed E-state index contributed by atoms with van der Waals surface area (Å²) in [6.07, 6.45) is 4.40. The topological polar surface area (TPSA) is 148 Å². The van der Waals surface area contributed by atoms with Crippen LogP contribution >= 0.6 is 0 Å². The fourth-order valence-corrected chi connectivity index (χ4v) is 4.90. The van der Waals surface area contributed by atoms with Crippen molar-refractivity contribution >= 4 is 46.6 Å². The Morgan fingerprint density at radius 2 is 1.85 bits per heavy atom. The summed E-state index contributed by atoms with van der Waals surface area (Å²) < 4.78 is 0. The van der Waals surface area contributed by atoms with Gasteiger partial charge >= 0.3 is 0 Å². The van der Waals surface area contributed by atoms with Gasteiger partial charge in [0.15, 0.2) is 0 Å². The van der Waals surface area contributed by atoms with Gasteiger partial charge in [0.05, 0.1) is 16.3 Å². The molecule has 0 spiro atoms. The summed E-state index contributed by atoms with van der Waals surface area (Å²) in [4.78, 5) is 53.9. The van der Waals surface area contributed by atoms with Crippen LogP contribution in [0.3, 0.4) is 0 Å². The van der Waals surface area contributed by atoms with E-state index in [9.17, 15) is 24.5 Å². The zero-order valence-electron chi connectivity index (χ0n) is 20.8. The predicted octanol–water partition coefficient (Wildman–Crippen LogP) is 3.94. The Kier molecular flexibility index (Phi) is 7.00. The van der Waals surface area contributed by atoms with Gasteiger partial charge in [-0.15, -0.1) is 0 Å². The highest BCUT2D eigenvalue weighted by atomic mass is 16.6. The summed E-state index contributed by atoms with van der Waals surface area (Å²) >= 11 is 0. The first kappa shape index (κ1) is 25.5. The number of benzene rings is 3. The molecule has 1 fully saturated rings. The molecule has 3 aromatic carbocycles. The summed E-state index contributed by atoms with van der Waals surface area (Å²) in [7, 11) is 0. The van der Waals surface area contributed by atoms with Crippen molar-refractivity contribution in [2.45, 2.75) is 24.8 Å². The summed E-state index contributed by atoms with van der Waals surface area (Å²) in [6, 6.07) is 20.3. The van der Waals surface area contributed by atoms with E-state index in [4.69, 9.17) is 10.7 Å². The number of hydrogen-bond acceptors (Lipinski definition) is 6. The van der Waals surface area contributed by atoms with E-state index in [2.05, 4.69) is 5.32 Å². The third-order valence-electron chi connectivity index (χ3n) is 6.83. The highest BCUT2D eigenvalue weighted by Gasteiger charge is 2.37. The molecule has 0 saturated carbocycles. The number of aliphatic imine (C=N–C) groups is 1. The molecule has 3 amide bonds. The molecular formula is C29H25N5O5. The van der Waals surface area contributed by atoms with Crippen LogP contribution in [0.2, 0.25) is 0 Å². The number of primary amides is 1. The van der Waals surface area contributed by atoms with E-state index in [1.54, 1.807) is 18.2 Å². The summed E-state index contributed by atoms with van der Waals surface area (Å²) in [6.45, 7) is 0.285. The number of carbonyl (C=O) groups excluding carboxylic acids is 3. The molecule has 2 aliphatic rings. The second-order valence-corrected chi connectivity index (χ2v) is 9.31. The number of nitro groups is 1. The van der Waals surface area contributed by atoms with Gasteiger partial charge in [0.25, 0.3) is 5.69 Å². The molecule has 5 rings (SSSR count). The quantitative estimate of drug-likeness (QED) is 0.261. The minimum Gasteiger partial charge on any atom is -0.368 e. The number of likely N-dealkylation sites (tertiary alicyclic amines) is 1. The van der Waals surface area contributed by atoms with Gasteiger partial charge in [-0.25, -0.2) is 0 Å². The molecule has 2 atom stereocenters. The first-order valence-electron chi connectivity index (χ1n) is 12.4. The van der Waals surface area contributed by atoms with Crippen LogP contribution in [0.4, 0.5) is 17.1 Å². The highest BCUT2D eigenvalue weighted by Crippen LogP contribution is 2.38. The van der Waals surface area contributed by atoms with Crippen molar-refractivity contribution in [1.29, 1.82) is 0 Å². The molecule has 0 aromatic heterocycles. The summed E-state index contributed by atoms with van der Waals surface area (Å²) in [5, 5.41) is 14.2. The van der Waals surface area contributed by atoms with E-state index < -0.39 is 22.8 Å². The van der Waals surface area contributed by atoms with Crippen LogP contribution in [0.5, 0.6) is 0 Å². The van der Waals surface area contributed by atoms with E-state index in [1.807, 2.05) is 48.5 Å². The third kappa shape index (κ3) is 5.30. The molecule has 2 unspecified atom stereocenters. The van der Waals surface area contributed by atoms with Gasteiger partial charge < -0.3 is 16.0 Å². The van der Waals surface area contributed by atoms with Crippen LogP contribution in [-0.2, 0) is 14.4 Å². The summed E-state index contributed by atoms with van der Waals surface area (Å²) in [5.74, 6) is -1.72. The van der Waals surface area contributed by atoms with Crippen LogP contribution in [-0.4, -0.2) is 45.8 Å². The lowest BCUT2D eigenvalue weighted by Gasteiger charge is -2.20. The second kappa shape index (κ2) is 10.7. The van der Waals surface area contributed by atoms with Gasteiger partial charge in [-0.3, -0.25) is 29.5 Å². The van der Waals surface area contributed by atoms with Crippen molar-refractivity contribution in [3.05, 3.63) is 106 Å². The highest BCUT2D eigenvalue weighted by molar-refractivity contribution is 6.24. The van der Waals surface area contributed by atoms with Crippen molar-refractivity contribution in [3.63, 3.8) is 0 Å². The fourth-order valence-electron chi connectivity index (χ4n) is 4.90. The smallest absolute Gasteiger partial charge is 0.269 e. The monoisotopic (exact) mass is 523 g/mol. The molecule has 2 aliphatic heterocycles. The van der Waals surface area contributed by atoms with Gasteiger partial charge in [-0.2, -0.15) is 0 Å². The molecule has 0 radical (unpaired) electrons. The minimum absolute atomic E-state index is 0.0931. The molecule has 196 valence electrons. The largest absolute Gasteiger partial charge is 0.368 e. The number of hydrogen-bond donors (Lipinski definition) is 2. The minimum atomic E-state index is -0.821. The fraction of sp³-hybridized carbons (Fsp3) is 0.172. The number of amides is 3. The van der Waals surface area contributed by atoms with Crippen molar-refractivity contribution in [3.8, 4) is 0 Å². The number of fused-ring (bicyclic) bond motifs is 1. The standard InChI is InChI=1S/C29H25N5O5/c30-28(36)24-14-15-25(35)33(24)16-4-5-18-8-10-20(11-9-18)31-27(19-6-2-1-3-7-19)26-22-17-21(34(38)39)12-13-23(22)32-29(26)37/h1-13,17,24,26H,14-16H2,(H2,30,36)(H,32,37). The second-order valence-electron chi connectivity index (χ2n) is 9.31. The van der Waals surface area contributed by atoms with E-state index in [-0.39, 0.29) is 24.0 Å². The van der Waals surface area contributed by atoms with E-state index in [0.717, 1.165) is 11.1 Å². The molecule has 0 bridgehead atoms.